The second kappa shape index (κ2) is 6.82. The molecule has 0 atom stereocenters. The molecule has 5 nitrogen and oxygen atoms in total. The van der Waals surface area contributed by atoms with Crippen LogP contribution in [0.1, 0.15) is 42.4 Å². The van der Waals surface area contributed by atoms with Crippen molar-refractivity contribution >= 4 is 22.6 Å². The van der Waals surface area contributed by atoms with E-state index in [0.29, 0.717) is 34.0 Å². The minimum absolute atomic E-state index is 0.0223. The minimum atomic E-state index is -0.0223. The molecule has 6 heteroatoms. The maximum atomic E-state index is 12.7. The number of rotatable bonds is 3. The standard InChI is InChI=1S/C20H20ClN3O2/c1-12(2)20-22-8-13-9-24(6-5-17(13)23-20)10-14-11-26-18-4-3-15(21)7-16(18)19(14)25/h3-4,7-8,11-12H,5-6,9-10H2,1-2H3. The maximum Gasteiger partial charge on any atom is 0.197 e. The molecule has 0 saturated carbocycles. The lowest BCUT2D eigenvalue weighted by Crippen LogP contribution is -2.32. The predicted octanol–water partition coefficient (Wildman–Crippen LogP) is 3.92. The Morgan fingerprint density at radius 3 is 3.00 bits per heavy atom. The molecular formula is C20H20ClN3O2. The minimum Gasteiger partial charge on any atom is -0.464 e. The van der Waals surface area contributed by atoms with Gasteiger partial charge in [0.1, 0.15) is 11.4 Å². The highest BCUT2D eigenvalue weighted by molar-refractivity contribution is 6.31. The highest BCUT2D eigenvalue weighted by Gasteiger charge is 2.20. The molecule has 0 spiro atoms. The van der Waals surface area contributed by atoms with E-state index in [9.17, 15) is 4.79 Å². The molecule has 0 bridgehead atoms. The van der Waals surface area contributed by atoms with Crippen LogP contribution >= 0.6 is 11.6 Å². The molecule has 3 heterocycles. The van der Waals surface area contributed by atoms with Crippen LogP contribution in [0, 0.1) is 0 Å². The normalized spacial score (nSPS) is 14.8. The van der Waals surface area contributed by atoms with Gasteiger partial charge in [0.25, 0.3) is 0 Å². The molecule has 0 aliphatic carbocycles. The van der Waals surface area contributed by atoms with Gasteiger partial charge in [-0.1, -0.05) is 25.4 Å². The zero-order chi connectivity index (χ0) is 18.3. The summed E-state index contributed by atoms with van der Waals surface area (Å²) in [5, 5.41) is 1.06. The van der Waals surface area contributed by atoms with Gasteiger partial charge in [0.15, 0.2) is 5.43 Å². The summed E-state index contributed by atoms with van der Waals surface area (Å²) < 4.78 is 5.62. The third-order valence-electron chi connectivity index (χ3n) is 4.75. The smallest absolute Gasteiger partial charge is 0.197 e. The van der Waals surface area contributed by atoms with E-state index in [1.807, 2.05) is 6.20 Å². The summed E-state index contributed by atoms with van der Waals surface area (Å²) in [6.07, 6.45) is 4.35. The summed E-state index contributed by atoms with van der Waals surface area (Å²) in [7, 11) is 0. The van der Waals surface area contributed by atoms with E-state index < -0.39 is 0 Å². The average Bonchev–Trinajstić information content (AvgIpc) is 2.64. The molecular weight excluding hydrogens is 350 g/mol. The number of hydrogen-bond donors (Lipinski definition) is 0. The molecule has 3 aromatic rings. The molecule has 4 rings (SSSR count). The summed E-state index contributed by atoms with van der Waals surface area (Å²) in [6.45, 7) is 6.33. The predicted molar refractivity (Wildman–Crippen MR) is 101 cm³/mol. The van der Waals surface area contributed by atoms with Crippen molar-refractivity contribution in [3.05, 3.63) is 68.6 Å². The largest absolute Gasteiger partial charge is 0.464 e. The van der Waals surface area contributed by atoms with Crippen molar-refractivity contribution in [2.45, 2.75) is 39.3 Å². The lowest BCUT2D eigenvalue weighted by atomic mass is 10.1. The molecule has 0 unspecified atom stereocenters. The number of halogens is 1. The van der Waals surface area contributed by atoms with Gasteiger partial charge in [0.2, 0.25) is 0 Å². The van der Waals surface area contributed by atoms with Crippen LogP contribution < -0.4 is 5.43 Å². The van der Waals surface area contributed by atoms with Gasteiger partial charge in [-0.25, -0.2) is 9.97 Å². The first-order valence-electron chi connectivity index (χ1n) is 8.78. The van der Waals surface area contributed by atoms with Gasteiger partial charge in [-0.2, -0.15) is 0 Å². The third-order valence-corrected chi connectivity index (χ3v) is 4.98. The van der Waals surface area contributed by atoms with Gasteiger partial charge >= 0.3 is 0 Å². The van der Waals surface area contributed by atoms with Crippen LogP contribution in [0.2, 0.25) is 5.02 Å². The first-order valence-corrected chi connectivity index (χ1v) is 9.16. The summed E-state index contributed by atoms with van der Waals surface area (Å²) in [5.41, 5.74) is 3.43. The van der Waals surface area contributed by atoms with Crippen LogP contribution in [-0.4, -0.2) is 21.4 Å². The highest BCUT2D eigenvalue weighted by Crippen LogP contribution is 2.21. The molecule has 1 aliphatic heterocycles. The number of fused-ring (bicyclic) bond motifs is 2. The fourth-order valence-electron chi connectivity index (χ4n) is 3.30. The number of hydrogen-bond acceptors (Lipinski definition) is 5. The molecule has 26 heavy (non-hydrogen) atoms. The van der Waals surface area contributed by atoms with Crippen molar-refractivity contribution in [3.8, 4) is 0 Å². The SMILES string of the molecule is CC(C)c1ncc2c(n1)CCN(Cc1coc3ccc(Cl)cc3c1=O)C2. The Kier molecular flexibility index (Phi) is 4.51. The molecule has 134 valence electrons. The second-order valence-corrected chi connectivity index (χ2v) is 7.48. The van der Waals surface area contributed by atoms with Crippen molar-refractivity contribution in [1.82, 2.24) is 14.9 Å². The van der Waals surface area contributed by atoms with Crippen LogP contribution in [0.5, 0.6) is 0 Å². The molecule has 0 N–H and O–H groups in total. The Morgan fingerprint density at radius 2 is 2.19 bits per heavy atom. The van der Waals surface area contributed by atoms with Crippen LogP contribution in [0.4, 0.5) is 0 Å². The fourth-order valence-corrected chi connectivity index (χ4v) is 3.47. The molecule has 2 aromatic heterocycles. The van der Waals surface area contributed by atoms with E-state index in [1.54, 1.807) is 24.5 Å². The fraction of sp³-hybridized carbons (Fsp3) is 0.350. The molecule has 0 radical (unpaired) electrons. The molecule has 1 aliphatic rings. The van der Waals surface area contributed by atoms with Crippen molar-refractivity contribution in [1.29, 1.82) is 0 Å². The molecule has 1 aromatic carbocycles. The van der Waals surface area contributed by atoms with Gasteiger partial charge in [-0.3, -0.25) is 9.69 Å². The first-order chi connectivity index (χ1) is 12.5. The Hall–Kier alpha value is -2.24. The first kappa shape index (κ1) is 17.2. The summed E-state index contributed by atoms with van der Waals surface area (Å²) in [5.74, 6) is 1.22. The summed E-state index contributed by atoms with van der Waals surface area (Å²) in [4.78, 5) is 24.1. The summed E-state index contributed by atoms with van der Waals surface area (Å²) in [6, 6.07) is 5.11. The van der Waals surface area contributed by atoms with Gasteiger partial charge < -0.3 is 4.42 Å². The zero-order valence-corrected chi connectivity index (χ0v) is 15.6. The van der Waals surface area contributed by atoms with E-state index >= 15 is 0 Å². The van der Waals surface area contributed by atoms with E-state index in [-0.39, 0.29) is 5.43 Å². The van der Waals surface area contributed by atoms with E-state index in [4.69, 9.17) is 16.0 Å². The van der Waals surface area contributed by atoms with Crippen molar-refractivity contribution in [3.63, 3.8) is 0 Å². The van der Waals surface area contributed by atoms with Gasteiger partial charge in [-0.05, 0) is 18.2 Å². The maximum absolute atomic E-state index is 12.7. The Balaban J connectivity index is 1.58. The summed E-state index contributed by atoms with van der Waals surface area (Å²) >= 11 is 6.02. The van der Waals surface area contributed by atoms with E-state index in [1.165, 1.54) is 0 Å². The molecule has 0 fully saturated rings. The van der Waals surface area contributed by atoms with Gasteiger partial charge in [0.05, 0.1) is 11.6 Å². The van der Waals surface area contributed by atoms with Crippen molar-refractivity contribution < 1.29 is 4.42 Å². The van der Waals surface area contributed by atoms with Gasteiger partial charge in [-0.15, -0.1) is 0 Å². The van der Waals surface area contributed by atoms with Crippen LogP contribution in [0.15, 0.2) is 39.9 Å². The Bertz CT molecular complexity index is 1030. The Labute approximate surface area is 156 Å². The van der Waals surface area contributed by atoms with Crippen LogP contribution in [-0.2, 0) is 19.5 Å². The quantitative estimate of drug-likeness (QED) is 0.700. The van der Waals surface area contributed by atoms with Crippen LogP contribution in [0.25, 0.3) is 11.0 Å². The third kappa shape index (κ3) is 3.24. The highest BCUT2D eigenvalue weighted by atomic mass is 35.5. The zero-order valence-electron chi connectivity index (χ0n) is 14.8. The molecule has 0 amide bonds. The average molecular weight is 370 g/mol. The van der Waals surface area contributed by atoms with Crippen LogP contribution in [0.3, 0.4) is 0 Å². The number of aromatic nitrogens is 2. The van der Waals surface area contributed by atoms with E-state index in [2.05, 4.69) is 28.7 Å². The van der Waals surface area contributed by atoms with Crippen molar-refractivity contribution in [2.24, 2.45) is 0 Å². The van der Waals surface area contributed by atoms with E-state index in [0.717, 1.165) is 36.6 Å². The lowest BCUT2D eigenvalue weighted by molar-refractivity contribution is 0.240. The topological polar surface area (TPSA) is 59.2 Å². The number of nitrogens with zero attached hydrogens (tertiary/aromatic N) is 3. The monoisotopic (exact) mass is 369 g/mol. The molecule has 0 saturated heterocycles. The number of benzene rings is 1. The lowest BCUT2D eigenvalue weighted by Gasteiger charge is -2.28. The van der Waals surface area contributed by atoms with Gasteiger partial charge in [0, 0.05) is 60.0 Å². The van der Waals surface area contributed by atoms with Crippen molar-refractivity contribution in [2.75, 3.05) is 6.54 Å². The second-order valence-electron chi connectivity index (χ2n) is 7.05. The Morgan fingerprint density at radius 1 is 1.35 bits per heavy atom.